The van der Waals surface area contributed by atoms with E-state index in [0.717, 1.165) is 21.6 Å². The zero-order valence-corrected chi connectivity index (χ0v) is 75.9. The van der Waals surface area contributed by atoms with Crippen LogP contribution >= 0.6 is 11.8 Å². The van der Waals surface area contributed by atoms with Gasteiger partial charge in [-0.3, -0.25) is 81.5 Å². The second-order valence-corrected chi connectivity index (χ2v) is 35.7. The number of benzene rings is 3. The summed E-state index contributed by atoms with van der Waals surface area (Å²) in [5.74, 6) is -16.1. The van der Waals surface area contributed by atoms with E-state index in [0.29, 0.717) is 70.6 Å². The smallest absolute Gasteiger partial charge is 0.246 e. The van der Waals surface area contributed by atoms with Crippen LogP contribution in [0.2, 0.25) is 0 Å². The van der Waals surface area contributed by atoms with Crippen molar-refractivity contribution in [3.05, 3.63) is 102 Å². The van der Waals surface area contributed by atoms with Crippen LogP contribution < -0.4 is 70.4 Å². The Morgan fingerprint density at radius 1 is 0.523 bits per heavy atom. The number of likely N-dealkylation sites (N-methyl/N-ethyl adjacent to an activating group) is 3. The summed E-state index contributed by atoms with van der Waals surface area (Å²) in [4.78, 5) is 261. The van der Waals surface area contributed by atoms with Crippen LogP contribution in [0.25, 0.3) is 21.8 Å². The van der Waals surface area contributed by atoms with Gasteiger partial charge in [0.1, 0.15) is 89.8 Å². The minimum absolute atomic E-state index is 0.0221. The SMILES string of the molecule is CCCC[C@H]1C(=O)N(C)[C@@H](CCCC)C(=O)N[C@@H](CC(C)C)C(=O)N[C@H](C(=O)NCC(N)=O)CSCC(=O)N[C@@H](Cc2ccc(O)cc2)C(=O)N(C)[C@@H](C)C(=O)N[C@@H](CC(N)=O)C(=O)N2CCC[C@H]2C(=O)N[C@@H](CN)C(=O)N[C@@H](CC(C)C)C(=O)N2CCC[C@H]2C(=O)N[C@@H](Cc2c[nH]c3ccccc23)C(=O)NC(C)(C)C(=O)N[C@@H](Cc2c[nH]c3ccccc23)C(=O)N1C. The van der Waals surface area contributed by atoms with E-state index in [2.05, 4.69) is 63.1 Å². The number of unbranched alkanes of at least 4 members (excludes halogenated alkanes) is 2. The van der Waals surface area contributed by atoms with Crippen molar-refractivity contribution in [3.63, 3.8) is 0 Å². The van der Waals surface area contributed by atoms with E-state index < -0.39 is 210 Å². The molecular formula is C89H128N20O18S. The summed E-state index contributed by atoms with van der Waals surface area (Å²) in [6.45, 7) is 13.8. The predicted octanol–water partition coefficient (Wildman–Crippen LogP) is 0.294. The summed E-state index contributed by atoms with van der Waals surface area (Å²) in [6.07, 6.45) is 4.70. The summed E-state index contributed by atoms with van der Waals surface area (Å²) < 4.78 is 0. The van der Waals surface area contributed by atoms with Gasteiger partial charge in [-0.1, -0.05) is 116 Å². The van der Waals surface area contributed by atoms with E-state index in [1.165, 1.54) is 80.9 Å². The van der Waals surface area contributed by atoms with Gasteiger partial charge >= 0.3 is 0 Å². The highest BCUT2D eigenvalue weighted by Crippen LogP contribution is 2.28. The molecule has 0 aliphatic carbocycles. The van der Waals surface area contributed by atoms with Crippen LogP contribution in [0, 0.1) is 11.8 Å². The topological polar surface area (TPSA) is 557 Å². The van der Waals surface area contributed by atoms with Crippen LogP contribution in [0.5, 0.6) is 5.75 Å². The molecule has 2 aromatic heterocycles. The third kappa shape index (κ3) is 27.4. The Hall–Kier alpha value is -12.2. The van der Waals surface area contributed by atoms with Gasteiger partial charge in [0, 0.05) is 100.0 Å². The highest BCUT2D eigenvalue weighted by molar-refractivity contribution is 8.00. The number of nitrogens with two attached hydrogens (primary N) is 3. The number of phenols is 1. The quantitative estimate of drug-likeness (QED) is 0.0443. The average Bonchev–Trinajstić information content (AvgIpc) is 1.55. The van der Waals surface area contributed by atoms with Gasteiger partial charge in [0.2, 0.25) is 100 Å². The number of aromatic nitrogens is 2. The summed E-state index contributed by atoms with van der Waals surface area (Å²) in [5.41, 5.74) is 18.5. The van der Waals surface area contributed by atoms with Gasteiger partial charge in [-0.05, 0) is 125 Å². The standard InChI is InChI=1S/C89H128N20O18S/c1-13-15-27-68-80(119)97-60(37-49(3)4)77(116)102-67(76(115)95-46-73(92)112)47-128-48-74(113)96-63(39-52-31-33-55(110)34-32-52)83(122)105(10)51(7)75(114)99-65(42-72(91)111)86(125)109-36-22-30-70(109)82(121)101-66(43-90)78(117)100-62(38-50(5)6)85(124)108-35-21-29-69(108)81(120)98-61(40-53-44-93-58-25-19-17-23-56(53)58)79(118)104-89(8,9)88(127)103-64(41-54-45-94-59-26-20-18-24-57(54)59)84(123)107(12)71(28-16-14-2)87(126)106(68)11/h17-20,23-26,31-34,44-45,49-51,60-71,93-94,110H,13-16,21-22,27-30,35-43,46-48,90H2,1-12H3,(H2,91,111)(H2,92,112)(H,95,115)(H,96,113)(H,97,119)(H,98,120)(H,99,114)(H,100,117)(H,101,121)(H,102,116)(H,103,127)(H,104,118)/t51-,60-,61-,62-,63-,64-,65-,66-,67-,68-,69-,70-,71-/m0/s1. The van der Waals surface area contributed by atoms with Crippen LogP contribution in [0.3, 0.4) is 0 Å². The maximum absolute atomic E-state index is 15.8. The molecule has 0 unspecified atom stereocenters. The van der Waals surface area contributed by atoms with Crippen LogP contribution in [-0.4, -0.2) is 283 Å². The molecule has 3 saturated heterocycles. The number of phenolic OH excluding ortho intramolecular Hbond substituents is 1. The molecule has 5 heterocycles. The number of carbonyl (C=O) groups excluding carboxylic acids is 17. The van der Waals surface area contributed by atoms with Crippen molar-refractivity contribution in [1.29, 1.82) is 0 Å². The minimum Gasteiger partial charge on any atom is -0.508 e. The maximum atomic E-state index is 15.8. The molecular weight excluding hydrogens is 1670 g/mol. The Balaban J connectivity index is 1.17. The second-order valence-electron chi connectivity index (χ2n) is 34.7. The van der Waals surface area contributed by atoms with Gasteiger partial charge in [0.05, 0.1) is 18.7 Å². The van der Waals surface area contributed by atoms with E-state index >= 15 is 33.6 Å². The first-order chi connectivity index (χ1) is 60.7. The molecule has 0 radical (unpaired) electrons. The third-order valence-corrected chi connectivity index (χ3v) is 24.5. The van der Waals surface area contributed by atoms with E-state index in [9.17, 15) is 53.1 Å². The Morgan fingerprint density at radius 2 is 1.01 bits per heavy atom. The van der Waals surface area contributed by atoms with E-state index in [1.54, 1.807) is 52.2 Å². The number of nitrogens with one attached hydrogen (secondary N) is 12. The van der Waals surface area contributed by atoms with Crippen molar-refractivity contribution >= 4 is 134 Å². The average molecular weight is 1800 g/mol. The molecule has 13 atom stereocenters. The lowest BCUT2D eigenvalue weighted by Crippen LogP contribution is -2.64. The number of nitrogens with zero attached hydrogens (tertiary/aromatic N) is 5. The molecule has 5 aromatic rings. The first-order valence-corrected chi connectivity index (χ1v) is 45.0. The van der Waals surface area contributed by atoms with Crippen molar-refractivity contribution in [3.8, 4) is 5.75 Å². The molecule has 3 fully saturated rings. The molecule has 3 aromatic carbocycles. The summed E-state index contributed by atoms with van der Waals surface area (Å²) in [6, 6.07) is 1.65. The van der Waals surface area contributed by atoms with Crippen molar-refractivity contribution in [2.24, 2.45) is 29.0 Å². The van der Waals surface area contributed by atoms with Crippen molar-refractivity contribution in [1.82, 2.24) is 87.6 Å². The van der Waals surface area contributed by atoms with Gasteiger partial charge in [-0.2, -0.15) is 0 Å². The highest BCUT2D eigenvalue weighted by Gasteiger charge is 2.46. The van der Waals surface area contributed by atoms with Crippen molar-refractivity contribution in [2.75, 3.05) is 58.8 Å². The number of hydrogen-bond acceptors (Lipinski definition) is 20. The molecule has 3 aliphatic rings. The number of thioether (sulfide) groups is 1. The zero-order chi connectivity index (χ0) is 94.1. The van der Waals surface area contributed by atoms with Crippen LogP contribution in [-0.2, 0) is 101 Å². The molecule has 3 aliphatic heterocycles. The summed E-state index contributed by atoms with van der Waals surface area (Å²) >= 11 is 0.811. The number of fused-ring (bicyclic) bond motifs is 4. The van der Waals surface area contributed by atoms with Crippen LogP contribution in [0.4, 0.5) is 0 Å². The molecule has 128 heavy (non-hydrogen) atoms. The first-order valence-electron chi connectivity index (χ1n) is 43.8. The van der Waals surface area contributed by atoms with Gasteiger partial charge in [0.25, 0.3) is 0 Å². The van der Waals surface area contributed by atoms with E-state index in [4.69, 9.17) is 17.2 Å². The molecule has 39 heteroatoms. The maximum Gasteiger partial charge on any atom is 0.246 e. The largest absolute Gasteiger partial charge is 0.508 e. The number of aromatic hydroxyl groups is 1. The lowest BCUT2D eigenvalue weighted by atomic mass is 9.97. The Morgan fingerprint density at radius 3 is 1.55 bits per heavy atom. The normalized spacial score (nSPS) is 24.8. The van der Waals surface area contributed by atoms with Crippen molar-refractivity contribution in [2.45, 2.75) is 249 Å². The number of primary amides is 2. The Kier molecular flexibility index (Phi) is 37.2. The minimum atomic E-state index is -1.90. The monoisotopic (exact) mass is 1800 g/mol. The fourth-order valence-electron chi connectivity index (χ4n) is 16.1. The number of para-hydroxylation sites is 2. The molecule has 8 rings (SSSR count). The lowest BCUT2D eigenvalue weighted by Gasteiger charge is -2.37. The molecule has 698 valence electrons. The third-order valence-electron chi connectivity index (χ3n) is 23.5. The Bertz CT molecular complexity index is 4820. The first kappa shape index (κ1) is 101. The molecule has 0 saturated carbocycles. The predicted molar refractivity (Wildman–Crippen MR) is 479 cm³/mol. The molecule has 0 spiro atoms. The number of hydrogen-bond donors (Lipinski definition) is 16. The fourth-order valence-corrected chi connectivity index (χ4v) is 17.0. The number of amides is 17. The molecule has 17 amide bonds. The zero-order valence-electron chi connectivity index (χ0n) is 75.1. The number of rotatable bonds is 22. The van der Waals surface area contributed by atoms with Gasteiger partial charge in [0.15, 0.2) is 0 Å². The van der Waals surface area contributed by atoms with E-state index in [1.807, 2.05) is 50.2 Å². The van der Waals surface area contributed by atoms with Crippen molar-refractivity contribution < 1.29 is 86.6 Å². The van der Waals surface area contributed by atoms with Gasteiger partial charge < -0.3 is 110 Å². The summed E-state index contributed by atoms with van der Waals surface area (Å²) in [7, 11) is 4.07. The molecule has 38 nitrogen and oxygen atoms in total. The fraction of sp³-hybridized carbons (Fsp3) is 0.562. The molecule has 19 N–H and O–H groups in total. The van der Waals surface area contributed by atoms with Crippen LogP contribution in [0.1, 0.15) is 162 Å². The van der Waals surface area contributed by atoms with Crippen LogP contribution in [0.15, 0.2) is 85.2 Å². The molecule has 0 bridgehead atoms. The second kappa shape index (κ2) is 47.1. The van der Waals surface area contributed by atoms with Gasteiger partial charge in [-0.25, -0.2) is 0 Å². The highest BCUT2D eigenvalue weighted by atomic mass is 32.2. The van der Waals surface area contributed by atoms with Gasteiger partial charge in [-0.15, -0.1) is 11.8 Å². The summed E-state index contributed by atoms with van der Waals surface area (Å²) in [5, 5.41) is 38.7. The Labute approximate surface area is 749 Å². The number of H-pyrrole nitrogens is 2. The van der Waals surface area contributed by atoms with E-state index in [-0.39, 0.29) is 101 Å². The lowest BCUT2D eigenvalue weighted by molar-refractivity contribution is -0.149. The number of aromatic amines is 2. The number of carbonyl (C=O) groups is 17.